The Morgan fingerprint density at radius 3 is 2.94 bits per heavy atom. The van der Waals surface area contributed by atoms with Crippen molar-refractivity contribution >= 4 is 0 Å². The van der Waals surface area contributed by atoms with Crippen LogP contribution in [0.5, 0.6) is 0 Å². The molecule has 1 aromatic rings. The number of benzene rings is 1. The summed E-state index contributed by atoms with van der Waals surface area (Å²) < 4.78 is 0. The molecule has 3 N–H and O–H groups in total. The first-order valence-corrected chi connectivity index (χ1v) is 6.13. The first kappa shape index (κ1) is 11.6. The number of rotatable bonds is 3. The van der Waals surface area contributed by atoms with Crippen molar-refractivity contribution in [1.82, 2.24) is 0 Å². The van der Waals surface area contributed by atoms with E-state index in [2.05, 4.69) is 24.3 Å². The van der Waals surface area contributed by atoms with E-state index in [1.165, 1.54) is 30.4 Å². The van der Waals surface area contributed by atoms with Gasteiger partial charge in [-0.15, -0.1) is 0 Å². The first-order chi connectivity index (χ1) is 7.62. The molecule has 1 aromatic carbocycles. The lowest BCUT2D eigenvalue weighted by atomic mass is 9.77. The second-order valence-electron chi connectivity index (χ2n) is 5.19. The third kappa shape index (κ3) is 2.45. The van der Waals surface area contributed by atoms with Gasteiger partial charge in [0, 0.05) is 6.54 Å². The van der Waals surface area contributed by atoms with Crippen molar-refractivity contribution in [3.63, 3.8) is 0 Å². The number of hydrogen-bond donors (Lipinski definition) is 2. The van der Waals surface area contributed by atoms with E-state index >= 15 is 0 Å². The zero-order chi connectivity index (χ0) is 11.6. The van der Waals surface area contributed by atoms with Gasteiger partial charge in [-0.1, -0.05) is 24.3 Å². The molecule has 0 amide bonds. The summed E-state index contributed by atoms with van der Waals surface area (Å²) in [6.45, 7) is 2.18. The highest BCUT2D eigenvalue weighted by Gasteiger charge is 2.27. The number of fused-ring (bicyclic) bond motifs is 1. The Morgan fingerprint density at radius 1 is 1.44 bits per heavy atom. The molecule has 0 aromatic heterocycles. The van der Waals surface area contributed by atoms with Crippen LogP contribution in [0, 0.1) is 0 Å². The number of aryl methyl sites for hydroxylation is 1. The van der Waals surface area contributed by atoms with E-state index in [0.29, 0.717) is 12.5 Å². The molecule has 0 radical (unpaired) electrons. The van der Waals surface area contributed by atoms with E-state index in [-0.39, 0.29) is 0 Å². The molecule has 2 nitrogen and oxygen atoms in total. The van der Waals surface area contributed by atoms with Gasteiger partial charge in [0.2, 0.25) is 0 Å². The van der Waals surface area contributed by atoms with Gasteiger partial charge in [-0.05, 0) is 49.7 Å². The highest BCUT2D eigenvalue weighted by Crippen LogP contribution is 2.36. The molecule has 0 spiro atoms. The van der Waals surface area contributed by atoms with Crippen LogP contribution in [0.1, 0.15) is 43.2 Å². The minimum Gasteiger partial charge on any atom is -0.389 e. The largest absolute Gasteiger partial charge is 0.389 e. The van der Waals surface area contributed by atoms with Crippen LogP contribution in [0.4, 0.5) is 0 Å². The zero-order valence-electron chi connectivity index (χ0n) is 9.95. The fraction of sp³-hybridized carbons (Fsp3) is 0.571. The van der Waals surface area contributed by atoms with Gasteiger partial charge in [0.05, 0.1) is 5.60 Å². The summed E-state index contributed by atoms with van der Waals surface area (Å²) in [4.78, 5) is 0. The Kier molecular flexibility index (Phi) is 3.31. The van der Waals surface area contributed by atoms with Crippen molar-refractivity contribution in [3.8, 4) is 0 Å². The molecular formula is C14H21NO. The Bertz CT molecular complexity index is 360. The van der Waals surface area contributed by atoms with Gasteiger partial charge in [0.25, 0.3) is 0 Å². The second kappa shape index (κ2) is 4.56. The maximum Gasteiger partial charge on any atom is 0.0747 e. The lowest BCUT2D eigenvalue weighted by Gasteiger charge is -2.31. The SMILES string of the molecule is CC(O)(CN)CC1CCCc2ccccc21. The molecule has 2 heteroatoms. The van der Waals surface area contributed by atoms with E-state index in [9.17, 15) is 5.11 Å². The average Bonchev–Trinajstić information content (AvgIpc) is 2.29. The fourth-order valence-corrected chi connectivity index (χ4v) is 2.68. The van der Waals surface area contributed by atoms with Crippen LogP contribution in [-0.4, -0.2) is 17.3 Å². The van der Waals surface area contributed by atoms with Crippen LogP contribution >= 0.6 is 0 Å². The summed E-state index contributed by atoms with van der Waals surface area (Å²) in [6.07, 6.45) is 4.35. The molecule has 0 heterocycles. The summed E-state index contributed by atoms with van der Waals surface area (Å²) in [7, 11) is 0. The molecule has 1 aliphatic carbocycles. The Hall–Kier alpha value is -0.860. The summed E-state index contributed by atoms with van der Waals surface area (Å²) in [5.74, 6) is 0.475. The lowest BCUT2D eigenvalue weighted by Crippen LogP contribution is -2.36. The van der Waals surface area contributed by atoms with Gasteiger partial charge in [-0.2, -0.15) is 0 Å². The Morgan fingerprint density at radius 2 is 2.19 bits per heavy atom. The Labute approximate surface area is 97.5 Å². The topological polar surface area (TPSA) is 46.2 Å². The van der Waals surface area contributed by atoms with E-state index in [0.717, 1.165) is 6.42 Å². The monoisotopic (exact) mass is 219 g/mol. The molecule has 1 aliphatic rings. The van der Waals surface area contributed by atoms with Crippen molar-refractivity contribution in [2.24, 2.45) is 5.73 Å². The Balaban J connectivity index is 2.19. The van der Waals surface area contributed by atoms with Crippen molar-refractivity contribution in [1.29, 1.82) is 0 Å². The van der Waals surface area contributed by atoms with Crippen molar-refractivity contribution in [3.05, 3.63) is 35.4 Å². The quantitative estimate of drug-likeness (QED) is 0.818. The van der Waals surface area contributed by atoms with E-state index < -0.39 is 5.60 Å². The van der Waals surface area contributed by atoms with Gasteiger partial charge >= 0.3 is 0 Å². The van der Waals surface area contributed by atoms with Crippen LogP contribution in [0.25, 0.3) is 0 Å². The maximum absolute atomic E-state index is 10.1. The van der Waals surface area contributed by atoms with Gasteiger partial charge in [-0.3, -0.25) is 0 Å². The highest BCUT2D eigenvalue weighted by molar-refractivity contribution is 5.32. The molecule has 2 unspecified atom stereocenters. The number of aliphatic hydroxyl groups is 1. The molecule has 0 saturated carbocycles. The smallest absolute Gasteiger partial charge is 0.0747 e. The molecule has 0 aliphatic heterocycles. The molecule has 88 valence electrons. The molecule has 2 atom stereocenters. The summed E-state index contributed by atoms with van der Waals surface area (Å²) in [5, 5.41) is 10.1. The van der Waals surface area contributed by atoms with Gasteiger partial charge in [0.15, 0.2) is 0 Å². The van der Waals surface area contributed by atoms with E-state index in [4.69, 9.17) is 5.73 Å². The third-order valence-electron chi connectivity index (χ3n) is 3.62. The minimum absolute atomic E-state index is 0.339. The number of hydrogen-bond acceptors (Lipinski definition) is 2. The van der Waals surface area contributed by atoms with E-state index in [1.807, 2.05) is 6.92 Å². The summed E-state index contributed by atoms with van der Waals surface area (Å²) in [6, 6.07) is 8.60. The van der Waals surface area contributed by atoms with Crippen molar-refractivity contribution in [2.75, 3.05) is 6.54 Å². The molecule has 16 heavy (non-hydrogen) atoms. The standard InChI is InChI=1S/C14H21NO/c1-14(16,10-15)9-12-7-4-6-11-5-2-3-8-13(11)12/h2-3,5,8,12,16H,4,6-7,9-10,15H2,1H3. The number of nitrogens with two attached hydrogens (primary N) is 1. The molecule has 0 bridgehead atoms. The van der Waals surface area contributed by atoms with Crippen molar-refractivity contribution in [2.45, 2.75) is 44.1 Å². The van der Waals surface area contributed by atoms with Crippen LogP contribution in [0.3, 0.4) is 0 Å². The van der Waals surface area contributed by atoms with Gasteiger partial charge in [0.1, 0.15) is 0 Å². The highest BCUT2D eigenvalue weighted by atomic mass is 16.3. The minimum atomic E-state index is -0.727. The van der Waals surface area contributed by atoms with Crippen LogP contribution in [0.2, 0.25) is 0 Å². The predicted octanol–water partition coefficient (Wildman–Crippen LogP) is 2.21. The second-order valence-corrected chi connectivity index (χ2v) is 5.19. The van der Waals surface area contributed by atoms with E-state index in [1.54, 1.807) is 0 Å². The third-order valence-corrected chi connectivity index (χ3v) is 3.62. The van der Waals surface area contributed by atoms with Crippen LogP contribution in [-0.2, 0) is 6.42 Å². The van der Waals surface area contributed by atoms with Crippen LogP contribution in [0.15, 0.2) is 24.3 Å². The molecule has 2 rings (SSSR count). The molecular weight excluding hydrogens is 198 g/mol. The lowest BCUT2D eigenvalue weighted by molar-refractivity contribution is 0.0504. The zero-order valence-corrected chi connectivity index (χ0v) is 9.95. The fourth-order valence-electron chi connectivity index (χ4n) is 2.68. The predicted molar refractivity (Wildman–Crippen MR) is 66.4 cm³/mol. The average molecular weight is 219 g/mol. The first-order valence-electron chi connectivity index (χ1n) is 6.13. The molecule has 0 saturated heterocycles. The van der Waals surface area contributed by atoms with Gasteiger partial charge < -0.3 is 10.8 Å². The summed E-state index contributed by atoms with van der Waals surface area (Å²) in [5.41, 5.74) is 7.74. The maximum atomic E-state index is 10.1. The normalized spacial score (nSPS) is 23.6. The molecule has 0 fully saturated rings. The van der Waals surface area contributed by atoms with Crippen LogP contribution < -0.4 is 5.73 Å². The van der Waals surface area contributed by atoms with Crippen molar-refractivity contribution < 1.29 is 5.11 Å². The van der Waals surface area contributed by atoms with Gasteiger partial charge in [-0.25, -0.2) is 0 Å². The summed E-state index contributed by atoms with van der Waals surface area (Å²) >= 11 is 0.